The average molecular weight is 555 g/mol. The molecule has 1 aromatic heterocycles. The van der Waals surface area contributed by atoms with E-state index in [1.54, 1.807) is 31.2 Å². The zero-order valence-corrected chi connectivity index (χ0v) is 21.5. The fraction of sp³-hybridized carbons (Fsp3) is 0.120. The summed E-state index contributed by atoms with van der Waals surface area (Å²) in [6.45, 7) is 1.32. The molecule has 1 N–H and O–H groups in total. The zero-order chi connectivity index (χ0) is 27.4. The van der Waals surface area contributed by atoms with Crippen LogP contribution in [0.3, 0.4) is 0 Å². The first kappa shape index (κ1) is 26.6. The van der Waals surface area contributed by atoms with Gasteiger partial charge in [-0.05, 0) is 66.2 Å². The monoisotopic (exact) mass is 554 g/mol. The van der Waals surface area contributed by atoms with E-state index in [0.29, 0.717) is 28.0 Å². The number of hydrogen-bond acceptors (Lipinski definition) is 9. The van der Waals surface area contributed by atoms with Gasteiger partial charge in [-0.1, -0.05) is 23.7 Å². The summed E-state index contributed by atoms with van der Waals surface area (Å²) in [7, 11) is 1.38. The lowest BCUT2D eigenvalue weighted by Gasteiger charge is -2.14. The maximum atomic E-state index is 12.9. The molecule has 0 radical (unpaired) electrons. The second kappa shape index (κ2) is 11.3. The average Bonchev–Trinajstić information content (AvgIpc) is 3.14. The van der Waals surface area contributed by atoms with Crippen LogP contribution in [0.2, 0.25) is 5.02 Å². The lowest BCUT2D eigenvalue weighted by molar-refractivity contribution is -0.386. The largest absolute Gasteiger partial charge is 0.493 e. The number of pyridine rings is 1. The topological polar surface area (TPSA) is 141 Å². The van der Waals surface area contributed by atoms with Crippen LogP contribution in [-0.2, 0) is 9.59 Å². The van der Waals surface area contributed by atoms with Gasteiger partial charge in [-0.15, -0.1) is 0 Å². The van der Waals surface area contributed by atoms with Gasteiger partial charge >= 0.3 is 5.69 Å². The Kier molecular flexibility index (Phi) is 7.93. The number of hydrogen-bond donors (Lipinski definition) is 1. The molecule has 1 aliphatic rings. The van der Waals surface area contributed by atoms with Crippen LogP contribution in [0.15, 0.2) is 59.6 Å². The van der Waals surface area contributed by atoms with Crippen molar-refractivity contribution in [1.82, 2.24) is 9.88 Å². The third-order valence-electron chi connectivity index (χ3n) is 5.29. The Morgan fingerprint density at radius 2 is 2.00 bits per heavy atom. The Hall–Kier alpha value is -4.42. The quantitative estimate of drug-likeness (QED) is 0.219. The molecule has 38 heavy (non-hydrogen) atoms. The highest BCUT2D eigenvalue weighted by atomic mass is 35.5. The van der Waals surface area contributed by atoms with Crippen LogP contribution in [0.1, 0.15) is 11.1 Å². The van der Waals surface area contributed by atoms with E-state index in [1.165, 1.54) is 43.6 Å². The number of thioether (sulfide) groups is 1. The van der Waals surface area contributed by atoms with Crippen molar-refractivity contribution in [1.29, 1.82) is 0 Å². The molecular formula is C25H19ClN4O7S. The molecule has 1 aliphatic heterocycles. The Balaban J connectivity index is 1.49. The molecule has 4 rings (SSSR count). The van der Waals surface area contributed by atoms with E-state index < -0.39 is 28.5 Å². The van der Waals surface area contributed by atoms with Crippen molar-refractivity contribution < 1.29 is 28.8 Å². The Morgan fingerprint density at radius 1 is 1.21 bits per heavy atom. The van der Waals surface area contributed by atoms with Crippen LogP contribution >= 0.6 is 23.4 Å². The molecule has 0 spiro atoms. The van der Waals surface area contributed by atoms with Gasteiger partial charge in [-0.3, -0.25) is 29.4 Å². The number of carbonyl (C=O) groups excluding carboxylic acids is 3. The van der Waals surface area contributed by atoms with E-state index in [9.17, 15) is 24.5 Å². The summed E-state index contributed by atoms with van der Waals surface area (Å²) in [5.74, 6) is -1.01. The number of aromatic nitrogens is 1. The molecule has 1 fully saturated rings. The van der Waals surface area contributed by atoms with Gasteiger partial charge in [-0.2, -0.15) is 0 Å². The van der Waals surface area contributed by atoms with Crippen molar-refractivity contribution in [3.05, 3.63) is 85.9 Å². The van der Waals surface area contributed by atoms with Gasteiger partial charge in [0.2, 0.25) is 5.91 Å². The van der Waals surface area contributed by atoms with Crippen LogP contribution in [0.5, 0.6) is 17.4 Å². The number of imide groups is 1. The van der Waals surface area contributed by atoms with E-state index in [2.05, 4.69) is 10.3 Å². The minimum atomic E-state index is -0.624. The zero-order valence-electron chi connectivity index (χ0n) is 20.0. The van der Waals surface area contributed by atoms with Gasteiger partial charge in [0.05, 0.1) is 16.9 Å². The standard InChI is InChI=1S/C25H19ClN4O7S/c1-14-5-7-16(26)12-17(14)28-22(31)13-29-24(32)21(38-25(29)33)11-15-6-8-19(20(10-15)36-2)37-23-18(30(34)35)4-3-9-27-23/h3-12H,13H2,1-2H3,(H,28,31)/b21-11-. The number of nitrogens with zero attached hydrogens (tertiary/aromatic N) is 3. The van der Waals surface area contributed by atoms with Gasteiger partial charge < -0.3 is 14.8 Å². The molecule has 0 bridgehead atoms. The number of amides is 3. The number of carbonyl (C=O) groups is 3. The molecular weight excluding hydrogens is 536 g/mol. The van der Waals surface area contributed by atoms with Crippen LogP contribution in [-0.4, -0.2) is 45.5 Å². The van der Waals surface area contributed by atoms with Gasteiger partial charge in [-0.25, -0.2) is 4.98 Å². The number of anilines is 1. The first-order valence-electron chi connectivity index (χ1n) is 10.9. The predicted octanol–water partition coefficient (Wildman–Crippen LogP) is 5.43. The smallest absolute Gasteiger partial charge is 0.331 e. The Labute approximate surface area is 225 Å². The lowest BCUT2D eigenvalue weighted by atomic mass is 10.2. The van der Waals surface area contributed by atoms with Crippen molar-refractivity contribution in [2.75, 3.05) is 19.0 Å². The predicted molar refractivity (Wildman–Crippen MR) is 141 cm³/mol. The number of methoxy groups -OCH3 is 1. The number of rotatable bonds is 8. The molecule has 0 saturated carbocycles. The van der Waals surface area contributed by atoms with Crippen LogP contribution in [0.4, 0.5) is 16.2 Å². The van der Waals surface area contributed by atoms with Crippen molar-refractivity contribution in [3.63, 3.8) is 0 Å². The number of benzene rings is 2. The van der Waals surface area contributed by atoms with Crippen molar-refractivity contribution in [2.24, 2.45) is 0 Å². The number of nitro groups is 1. The normalized spacial score (nSPS) is 14.1. The number of aryl methyl sites for hydroxylation is 1. The molecule has 3 amide bonds. The molecule has 0 atom stereocenters. The molecule has 0 unspecified atom stereocenters. The summed E-state index contributed by atoms with van der Waals surface area (Å²) in [5.41, 5.74) is 1.43. The summed E-state index contributed by atoms with van der Waals surface area (Å²) < 4.78 is 10.9. The number of halogens is 1. The highest BCUT2D eigenvalue weighted by Gasteiger charge is 2.36. The molecule has 3 aromatic rings. The highest BCUT2D eigenvalue weighted by molar-refractivity contribution is 8.18. The van der Waals surface area contributed by atoms with Gasteiger partial charge in [0.1, 0.15) is 6.54 Å². The third kappa shape index (κ3) is 5.93. The maximum Gasteiger partial charge on any atom is 0.331 e. The van der Waals surface area contributed by atoms with Crippen LogP contribution < -0.4 is 14.8 Å². The van der Waals surface area contributed by atoms with Gasteiger partial charge in [0, 0.05) is 23.0 Å². The van der Waals surface area contributed by atoms with Crippen LogP contribution in [0.25, 0.3) is 6.08 Å². The fourth-order valence-electron chi connectivity index (χ4n) is 3.41. The highest BCUT2D eigenvalue weighted by Crippen LogP contribution is 2.37. The third-order valence-corrected chi connectivity index (χ3v) is 6.43. The molecule has 194 valence electrons. The molecule has 1 saturated heterocycles. The second-order valence-corrected chi connectivity index (χ2v) is 9.30. The SMILES string of the molecule is COc1cc(/C=C2\SC(=O)N(CC(=O)Nc3cc(Cl)ccc3C)C2=O)ccc1Oc1ncccc1[N+](=O)[O-]. The summed E-state index contributed by atoms with van der Waals surface area (Å²) in [6.07, 6.45) is 2.83. The van der Waals surface area contributed by atoms with Gasteiger partial charge in [0.15, 0.2) is 11.5 Å². The van der Waals surface area contributed by atoms with Crippen molar-refractivity contribution >= 4 is 57.9 Å². The van der Waals surface area contributed by atoms with Crippen LogP contribution in [0, 0.1) is 17.0 Å². The maximum absolute atomic E-state index is 12.9. The Bertz CT molecular complexity index is 1490. The fourth-order valence-corrected chi connectivity index (χ4v) is 4.42. The number of nitrogens with one attached hydrogen (secondary N) is 1. The molecule has 2 aromatic carbocycles. The first-order valence-corrected chi connectivity index (χ1v) is 12.1. The molecule has 13 heteroatoms. The van der Waals surface area contributed by atoms with Crippen molar-refractivity contribution in [2.45, 2.75) is 6.92 Å². The minimum absolute atomic E-state index is 0.109. The summed E-state index contributed by atoms with van der Waals surface area (Å²) >= 11 is 6.67. The minimum Gasteiger partial charge on any atom is -0.493 e. The van der Waals surface area contributed by atoms with E-state index >= 15 is 0 Å². The second-order valence-electron chi connectivity index (χ2n) is 7.87. The number of ether oxygens (including phenoxy) is 2. The molecule has 0 aliphatic carbocycles. The molecule has 11 nitrogen and oxygen atoms in total. The first-order chi connectivity index (χ1) is 18.2. The molecule has 2 heterocycles. The van der Waals surface area contributed by atoms with Gasteiger partial charge in [0.25, 0.3) is 17.0 Å². The lowest BCUT2D eigenvalue weighted by Crippen LogP contribution is -2.36. The van der Waals surface area contributed by atoms with Crippen molar-refractivity contribution in [3.8, 4) is 17.4 Å². The van der Waals surface area contributed by atoms with E-state index in [0.717, 1.165) is 10.5 Å². The summed E-state index contributed by atoms with van der Waals surface area (Å²) in [6, 6.07) is 12.3. The van der Waals surface area contributed by atoms with E-state index in [1.807, 2.05) is 0 Å². The van der Waals surface area contributed by atoms with E-state index in [4.69, 9.17) is 21.1 Å². The summed E-state index contributed by atoms with van der Waals surface area (Å²) in [4.78, 5) is 53.4. The summed E-state index contributed by atoms with van der Waals surface area (Å²) in [5, 5.41) is 13.7. The Morgan fingerprint density at radius 3 is 2.74 bits per heavy atom. The van der Waals surface area contributed by atoms with E-state index in [-0.39, 0.29) is 28.0 Å².